The van der Waals surface area contributed by atoms with Crippen molar-refractivity contribution in [3.63, 3.8) is 0 Å². The van der Waals surface area contributed by atoms with Crippen molar-refractivity contribution in [3.05, 3.63) is 0 Å². The fourth-order valence-electron chi connectivity index (χ4n) is 13.0. The highest BCUT2D eigenvalue weighted by Crippen LogP contribution is 2.45. The molecule has 0 amide bonds. The van der Waals surface area contributed by atoms with E-state index >= 15 is 0 Å². The Morgan fingerprint density at radius 2 is 0.495 bits per heavy atom. The lowest BCUT2D eigenvalue weighted by atomic mass is 9.99. The summed E-state index contributed by atoms with van der Waals surface area (Å²) >= 11 is 0. The summed E-state index contributed by atoms with van der Waals surface area (Å²) in [5.74, 6) is -0.456. The molecule has 6 atom stereocenters. The number of esters is 4. The normalized spacial score (nSPS) is 14.1. The quantitative estimate of drug-likeness (QED) is 0.0222. The van der Waals surface area contributed by atoms with Crippen molar-refractivity contribution in [2.24, 2.45) is 11.8 Å². The molecule has 0 saturated heterocycles. The summed E-state index contributed by atoms with van der Waals surface area (Å²) in [4.78, 5) is 73.2. The number of hydrogen-bond acceptors (Lipinski definition) is 15. The van der Waals surface area contributed by atoms with E-state index in [9.17, 15) is 43.2 Å². The van der Waals surface area contributed by atoms with E-state index in [-0.39, 0.29) is 25.7 Å². The van der Waals surface area contributed by atoms with Gasteiger partial charge in [-0.3, -0.25) is 37.3 Å². The number of hydrogen-bond donors (Lipinski definition) is 3. The molecular weight excluding hydrogens is 1340 g/mol. The minimum absolute atomic E-state index is 0.108. The standard InChI is InChI=1S/C84H164O17P2/c1-7-10-12-14-16-18-20-22-23-24-32-38-44-50-56-62-68-83(88)100-79(72-94-81(86)66-60-54-48-42-36-21-19-17-15-13-11-8-2)74-98-102(90,91)96-70-78(85)71-97-103(92,93)99-75-80(73-95-82(87)67-61-55-49-43-37-31-27-25-29-34-40-46-52-58-64-76(4)5)101-84(89)69-63-57-51-45-39-33-28-26-30-35-41-47-53-59-65-77(6)9-3/h76-80,85H,7-75H2,1-6H3,(H,90,91)(H,92,93)/t77?,78-,79+,80+/m0/s1. The molecule has 0 fully saturated rings. The van der Waals surface area contributed by atoms with Gasteiger partial charge in [0.05, 0.1) is 26.4 Å². The van der Waals surface area contributed by atoms with Gasteiger partial charge in [-0.1, -0.05) is 395 Å². The first kappa shape index (κ1) is 101. The smallest absolute Gasteiger partial charge is 0.462 e. The number of aliphatic hydroxyl groups excluding tert-OH is 1. The Labute approximate surface area is 632 Å². The molecule has 17 nitrogen and oxygen atoms in total. The number of unbranched alkanes of at least 4 members (excludes halogenated alkanes) is 52. The first-order valence-corrected chi connectivity index (χ1v) is 46.5. The van der Waals surface area contributed by atoms with Crippen LogP contribution in [0.2, 0.25) is 0 Å². The van der Waals surface area contributed by atoms with Crippen LogP contribution >= 0.6 is 15.6 Å². The van der Waals surface area contributed by atoms with Crippen LogP contribution in [0.1, 0.15) is 446 Å². The van der Waals surface area contributed by atoms with Gasteiger partial charge in [-0.15, -0.1) is 0 Å². The Morgan fingerprint density at radius 3 is 0.738 bits per heavy atom. The van der Waals surface area contributed by atoms with Crippen LogP contribution in [0.3, 0.4) is 0 Å². The van der Waals surface area contributed by atoms with Crippen LogP contribution < -0.4 is 0 Å². The minimum Gasteiger partial charge on any atom is -0.462 e. The largest absolute Gasteiger partial charge is 0.472 e. The van der Waals surface area contributed by atoms with Gasteiger partial charge in [0.25, 0.3) is 0 Å². The van der Waals surface area contributed by atoms with Crippen LogP contribution in [0, 0.1) is 11.8 Å². The van der Waals surface area contributed by atoms with Gasteiger partial charge in [0.15, 0.2) is 12.2 Å². The van der Waals surface area contributed by atoms with Crippen LogP contribution in [0.5, 0.6) is 0 Å². The summed E-state index contributed by atoms with van der Waals surface area (Å²) in [7, 11) is -9.93. The molecule has 0 aromatic heterocycles. The van der Waals surface area contributed by atoms with E-state index in [1.807, 2.05) is 0 Å². The van der Waals surface area contributed by atoms with Crippen LogP contribution in [0.4, 0.5) is 0 Å². The third kappa shape index (κ3) is 76.6. The SMILES string of the molecule is CCCCCCCCCCCCCCCCCCC(=O)O[C@H](COC(=O)CCCCCCCCCCCCCC)COP(=O)(O)OC[C@H](O)COP(=O)(O)OC[C@@H](COC(=O)CCCCCCCCCCCCCCCCC(C)C)OC(=O)CCCCCCCCCCCCCCCCC(C)CC. The number of rotatable bonds is 83. The molecular formula is C84H164O17P2. The molecule has 0 aliphatic heterocycles. The molecule has 0 rings (SSSR count). The predicted octanol–water partition coefficient (Wildman–Crippen LogP) is 25.5. The Hall–Kier alpha value is -1.94. The second kappa shape index (κ2) is 75.5. The summed E-state index contributed by atoms with van der Waals surface area (Å²) in [6.07, 6.45) is 66.4. The molecule has 0 spiro atoms. The van der Waals surface area contributed by atoms with Gasteiger partial charge in [0.1, 0.15) is 19.3 Å². The molecule has 0 radical (unpaired) electrons. The van der Waals surface area contributed by atoms with E-state index in [4.69, 9.17) is 37.0 Å². The van der Waals surface area contributed by atoms with Crippen molar-refractivity contribution in [3.8, 4) is 0 Å². The summed E-state index contributed by atoms with van der Waals surface area (Å²) in [5.41, 5.74) is 0. The van der Waals surface area contributed by atoms with Crippen LogP contribution in [0.15, 0.2) is 0 Å². The van der Waals surface area contributed by atoms with Crippen LogP contribution in [0.25, 0.3) is 0 Å². The van der Waals surface area contributed by atoms with E-state index in [1.54, 1.807) is 0 Å². The summed E-state index contributed by atoms with van der Waals surface area (Å²) in [6, 6.07) is 0. The Bertz CT molecular complexity index is 1980. The van der Waals surface area contributed by atoms with Gasteiger partial charge in [0.2, 0.25) is 0 Å². The van der Waals surface area contributed by atoms with Crippen molar-refractivity contribution >= 4 is 39.5 Å². The first-order valence-electron chi connectivity index (χ1n) is 43.5. The third-order valence-electron chi connectivity index (χ3n) is 20.1. The number of carbonyl (C=O) groups is 4. The molecule has 103 heavy (non-hydrogen) atoms. The summed E-state index contributed by atoms with van der Waals surface area (Å²) in [5, 5.41) is 10.7. The molecule has 0 saturated carbocycles. The second-order valence-electron chi connectivity index (χ2n) is 30.9. The van der Waals surface area contributed by atoms with E-state index in [0.29, 0.717) is 25.7 Å². The molecule has 0 aliphatic rings. The molecule has 19 heteroatoms. The number of phosphoric acid groups is 2. The zero-order chi connectivity index (χ0) is 75.6. The van der Waals surface area contributed by atoms with Gasteiger partial charge >= 0.3 is 39.5 Å². The Morgan fingerprint density at radius 1 is 0.282 bits per heavy atom. The number of carbonyl (C=O) groups excluding carboxylic acids is 4. The molecule has 0 bridgehead atoms. The fraction of sp³-hybridized carbons (Fsp3) is 0.952. The van der Waals surface area contributed by atoms with Crippen molar-refractivity contribution in [1.29, 1.82) is 0 Å². The van der Waals surface area contributed by atoms with Crippen molar-refractivity contribution in [2.75, 3.05) is 39.6 Å². The maximum absolute atomic E-state index is 13.1. The van der Waals surface area contributed by atoms with E-state index in [1.165, 1.54) is 263 Å². The fourth-order valence-corrected chi connectivity index (χ4v) is 14.6. The molecule has 3 N–H and O–H groups in total. The first-order chi connectivity index (χ1) is 49.9. The van der Waals surface area contributed by atoms with E-state index in [0.717, 1.165) is 102 Å². The van der Waals surface area contributed by atoms with Gasteiger partial charge < -0.3 is 33.8 Å². The summed E-state index contributed by atoms with van der Waals surface area (Å²) in [6.45, 7) is 9.74. The van der Waals surface area contributed by atoms with Crippen LogP contribution in [-0.2, 0) is 65.4 Å². The zero-order valence-electron chi connectivity index (χ0n) is 67.6. The monoisotopic (exact) mass is 1510 g/mol. The molecule has 0 heterocycles. The lowest BCUT2D eigenvalue weighted by Gasteiger charge is -2.21. The molecule has 0 aliphatic carbocycles. The average Bonchev–Trinajstić information content (AvgIpc) is 0.910. The average molecular weight is 1510 g/mol. The van der Waals surface area contributed by atoms with Crippen molar-refractivity contribution in [2.45, 2.75) is 464 Å². The third-order valence-corrected chi connectivity index (χ3v) is 22.0. The highest BCUT2D eigenvalue weighted by atomic mass is 31.2. The van der Waals surface area contributed by atoms with Crippen LogP contribution in [-0.4, -0.2) is 96.7 Å². The van der Waals surface area contributed by atoms with Gasteiger partial charge in [-0.25, -0.2) is 9.13 Å². The highest BCUT2D eigenvalue weighted by Gasteiger charge is 2.30. The minimum atomic E-state index is -4.96. The molecule has 3 unspecified atom stereocenters. The maximum Gasteiger partial charge on any atom is 0.472 e. The Balaban J connectivity index is 5.27. The van der Waals surface area contributed by atoms with Gasteiger partial charge in [-0.05, 0) is 37.5 Å². The lowest BCUT2D eigenvalue weighted by Crippen LogP contribution is -2.30. The van der Waals surface area contributed by atoms with Gasteiger partial charge in [0, 0.05) is 25.7 Å². The van der Waals surface area contributed by atoms with Crippen molar-refractivity contribution < 1.29 is 80.2 Å². The number of phosphoric ester groups is 2. The second-order valence-corrected chi connectivity index (χ2v) is 33.8. The van der Waals surface area contributed by atoms with E-state index < -0.39 is 97.5 Å². The maximum atomic E-state index is 13.1. The predicted molar refractivity (Wildman–Crippen MR) is 423 cm³/mol. The zero-order valence-corrected chi connectivity index (χ0v) is 69.4. The topological polar surface area (TPSA) is 237 Å². The molecule has 0 aromatic rings. The number of aliphatic hydroxyl groups is 1. The molecule has 612 valence electrons. The summed E-state index contributed by atoms with van der Waals surface area (Å²) < 4.78 is 68.9. The van der Waals surface area contributed by atoms with Gasteiger partial charge in [-0.2, -0.15) is 0 Å². The number of ether oxygens (including phenoxy) is 4. The molecule has 0 aromatic carbocycles. The Kier molecular flexibility index (Phi) is 74.1. The van der Waals surface area contributed by atoms with Crippen molar-refractivity contribution in [1.82, 2.24) is 0 Å². The highest BCUT2D eigenvalue weighted by molar-refractivity contribution is 7.47. The lowest BCUT2D eigenvalue weighted by molar-refractivity contribution is -0.161. The van der Waals surface area contributed by atoms with E-state index in [2.05, 4.69) is 41.5 Å².